The average molecular weight is 606 g/mol. The lowest BCUT2D eigenvalue weighted by atomic mass is 9.88. The Morgan fingerprint density at radius 2 is 1.70 bits per heavy atom. The molecule has 0 spiro atoms. The summed E-state index contributed by atoms with van der Waals surface area (Å²) in [6.45, 7) is 6.77. The number of benzene rings is 2. The van der Waals surface area contributed by atoms with Gasteiger partial charge in [-0.15, -0.1) is 11.3 Å². The van der Waals surface area contributed by atoms with Crippen LogP contribution >= 0.6 is 11.3 Å². The van der Waals surface area contributed by atoms with E-state index in [4.69, 9.17) is 14.2 Å². The molecule has 2 aromatic carbocycles. The van der Waals surface area contributed by atoms with Gasteiger partial charge in [-0.05, 0) is 98.2 Å². The van der Waals surface area contributed by atoms with Crippen molar-refractivity contribution in [2.24, 2.45) is 11.0 Å². The van der Waals surface area contributed by atoms with E-state index in [0.717, 1.165) is 36.1 Å². The highest BCUT2D eigenvalue weighted by Crippen LogP contribution is 2.40. The molecule has 1 heterocycles. The van der Waals surface area contributed by atoms with Crippen LogP contribution in [0.3, 0.4) is 0 Å². The molecule has 0 aliphatic heterocycles. The lowest BCUT2D eigenvalue weighted by molar-refractivity contribution is -0.136. The molecule has 1 atom stereocenters. The third kappa shape index (κ3) is 8.51. The third-order valence-electron chi connectivity index (χ3n) is 6.75. The van der Waals surface area contributed by atoms with Crippen molar-refractivity contribution in [3.63, 3.8) is 0 Å². The molecular weight excluding hydrogens is 570 g/mol. The molecule has 0 bridgehead atoms. The van der Waals surface area contributed by atoms with Crippen molar-refractivity contribution in [2.45, 2.75) is 52.9 Å². The number of fused-ring (bicyclic) bond motifs is 1. The Hall–Kier alpha value is -4.51. The van der Waals surface area contributed by atoms with E-state index < -0.39 is 23.8 Å². The monoisotopic (exact) mass is 605 g/mol. The lowest BCUT2D eigenvalue weighted by Crippen LogP contribution is -2.32. The van der Waals surface area contributed by atoms with Gasteiger partial charge in [0.05, 0.1) is 30.6 Å². The molecule has 10 nitrogen and oxygen atoms in total. The predicted molar refractivity (Wildman–Crippen MR) is 164 cm³/mol. The molecule has 43 heavy (non-hydrogen) atoms. The maximum absolute atomic E-state index is 12.6. The first kappa shape index (κ1) is 31.4. The molecule has 0 fully saturated rings. The minimum absolute atomic E-state index is 0.203. The SMILES string of the molecule is CCCCOc1ccc(C(=O)Oc2ccc(C=NNC(=O)C(=O)Nc3sc4c(c3C(=O)OCC)CCC(C)C4)cc2)cc1. The first-order valence-electron chi connectivity index (χ1n) is 14.3. The first-order valence-corrected chi connectivity index (χ1v) is 15.1. The van der Waals surface area contributed by atoms with E-state index in [9.17, 15) is 19.2 Å². The van der Waals surface area contributed by atoms with Gasteiger partial charge in [0.2, 0.25) is 0 Å². The van der Waals surface area contributed by atoms with Crippen molar-refractivity contribution in [3.05, 3.63) is 75.7 Å². The van der Waals surface area contributed by atoms with Gasteiger partial charge in [0, 0.05) is 4.88 Å². The van der Waals surface area contributed by atoms with E-state index in [-0.39, 0.29) is 6.61 Å². The van der Waals surface area contributed by atoms with Crippen molar-refractivity contribution in [3.8, 4) is 11.5 Å². The van der Waals surface area contributed by atoms with Gasteiger partial charge in [-0.2, -0.15) is 5.10 Å². The Morgan fingerprint density at radius 1 is 0.977 bits per heavy atom. The van der Waals surface area contributed by atoms with Gasteiger partial charge < -0.3 is 19.5 Å². The first-order chi connectivity index (χ1) is 20.8. The highest BCUT2D eigenvalue weighted by Gasteiger charge is 2.30. The zero-order valence-corrected chi connectivity index (χ0v) is 25.3. The highest BCUT2D eigenvalue weighted by molar-refractivity contribution is 7.17. The van der Waals surface area contributed by atoms with Gasteiger partial charge >= 0.3 is 23.8 Å². The van der Waals surface area contributed by atoms with Gasteiger partial charge in [-0.3, -0.25) is 9.59 Å². The topological polar surface area (TPSA) is 132 Å². The summed E-state index contributed by atoms with van der Waals surface area (Å²) < 4.78 is 16.2. The smallest absolute Gasteiger partial charge is 0.343 e. The highest BCUT2D eigenvalue weighted by atomic mass is 32.1. The van der Waals surface area contributed by atoms with Gasteiger partial charge in [0.15, 0.2) is 0 Å². The summed E-state index contributed by atoms with van der Waals surface area (Å²) in [6.07, 6.45) is 5.81. The molecule has 0 saturated carbocycles. The van der Waals surface area contributed by atoms with Crippen LogP contribution in [-0.2, 0) is 27.2 Å². The number of thiophene rings is 1. The molecule has 2 N–H and O–H groups in total. The standard InChI is InChI=1S/C32H35N3O7S/c1-4-6-17-41-23-14-10-22(11-15-23)31(38)42-24-12-8-21(9-13-24)19-33-35-29(37)28(36)34-30-27(32(39)40-5-2)25-16-7-20(3)18-26(25)43-30/h8-15,19-20H,4-7,16-18H2,1-3H3,(H,34,36)(H,35,37). The number of anilines is 1. The Kier molecular flexibility index (Phi) is 11.0. The molecule has 1 aromatic heterocycles. The molecule has 2 amide bonds. The fraction of sp³-hybridized carbons (Fsp3) is 0.344. The molecule has 1 unspecified atom stereocenters. The minimum atomic E-state index is -0.988. The Balaban J connectivity index is 1.30. The fourth-order valence-corrected chi connectivity index (χ4v) is 5.84. The normalized spacial score (nSPS) is 14.1. The Morgan fingerprint density at radius 3 is 2.40 bits per heavy atom. The summed E-state index contributed by atoms with van der Waals surface area (Å²) in [5, 5.41) is 6.72. The molecule has 3 aromatic rings. The van der Waals surface area contributed by atoms with Gasteiger partial charge in [0.1, 0.15) is 16.5 Å². The molecule has 226 valence electrons. The molecule has 11 heteroatoms. The zero-order valence-electron chi connectivity index (χ0n) is 24.4. The van der Waals surface area contributed by atoms with Crippen molar-refractivity contribution in [1.29, 1.82) is 0 Å². The van der Waals surface area contributed by atoms with Crippen molar-refractivity contribution < 1.29 is 33.4 Å². The lowest BCUT2D eigenvalue weighted by Gasteiger charge is -2.18. The number of amides is 2. The number of carbonyl (C=O) groups excluding carboxylic acids is 4. The van der Waals surface area contributed by atoms with Gasteiger partial charge in [0.25, 0.3) is 0 Å². The molecular formula is C32H35N3O7S. The van der Waals surface area contributed by atoms with Crippen molar-refractivity contribution in [1.82, 2.24) is 5.43 Å². The summed E-state index contributed by atoms with van der Waals surface area (Å²) in [5.41, 5.74) is 4.39. The number of unbranched alkanes of at least 4 members (excludes halogenated alkanes) is 1. The summed E-state index contributed by atoms with van der Waals surface area (Å²) in [5.74, 6) is -1.46. The Labute approximate surface area is 254 Å². The second kappa shape index (κ2) is 15.1. The van der Waals surface area contributed by atoms with E-state index in [1.165, 1.54) is 17.6 Å². The number of hydrogen-bond donors (Lipinski definition) is 2. The summed E-state index contributed by atoms with van der Waals surface area (Å²) in [7, 11) is 0. The van der Waals surface area contributed by atoms with Crippen LogP contribution in [0.1, 0.15) is 76.8 Å². The number of rotatable bonds is 11. The van der Waals surface area contributed by atoms with E-state index in [1.807, 2.05) is 0 Å². The van der Waals surface area contributed by atoms with Crippen LogP contribution in [0.4, 0.5) is 5.00 Å². The summed E-state index contributed by atoms with van der Waals surface area (Å²) >= 11 is 1.30. The molecule has 1 aliphatic rings. The largest absolute Gasteiger partial charge is 0.494 e. The molecule has 1 aliphatic carbocycles. The number of esters is 2. The van der Waals surface area contributed by atoms with Crippen LogP contribution in [0.15, 0.2) is 53.6 Å². The fourth-order valence-electron chi connectivity index (χ4n) is 4.44. The quantitative estimate of drug-likeness (QED) is 0.0733. The number of hydrogen-bond acceptors (Lipinski definition) is 9. The van der Waals surface area contributed by atoms with Crippen molar-refractivity contribution >= 4 is 46.3 Å². The van der Waals surface area contributed by atoms with Crippen LogP contribution in [0.2, 0.25) is 0 Å². The van der Waals surface area contributed by atoms with Gasteiger partial charge in [-0.1, -0.05) is 20.3 Å². The average Bonchev–Trinajstić information content (AvgIpc) is 3.35. The number of ether oxygens (including phenoxy) is 3. The van der Waals surface area contributed by atoms with E-state index in [0.29, 0.717) is 52.1 Å². The van der Waals surface area contributed by atoms with Crippen LogP contribution in [0.5, 0.6) is 11.5 Å². The van der Waals surface area contributed by atoms with Crippen LogP contribution < -0.4 is 20.2 Å². The molecule has 0 radical (unpaired) electrons. The van der Waals surface area contributed by atoms with Gasteiger partial charge in [-0.25, -0.2) is 15.0 Å². The molecule has 4 rings (SSSR count). The maximum atomic E-state index is 12.6. The van der Waals surface area contributed by atoms with Crippen LogP contribution in [-0.4, -0.2) is 43.2 Å². The number of hydrazone groups is 1. The molecule has 0 saturated heterocycles. The zero-order chi connectivity index (χ0) is 30.8. The predicted octanol–water partition coefficient (Wildman–Crippen LogP) is 5.54. The second-order valence-electron chi connectivity index (χ2n) is 10.1. The number of nitrogens with zero attached hydrogens (tertiary/aromatic N) is 1. The maximum Gasteiger partial charge on any atom is 0.343 e. The number of carbonyl (C=O) groups is 4. The van der Waals surface area contributed by atoms with E-state index in [1.54, 1.807) is 55.5 Å². The van der Waals surface area contributed by atoms with Crippen molar-refractivity contribution in [2.75, 3.05) is 18.5 Å². The van der Waals surface area contributed by atoms with Crippen LogP contribution in [0.25, 0.3) is 0 Å². The Bertz CT molecular complexity index is 1480. The van der Waals surface area contributed by atoms with E-state index >= 15 is 0 Å². The number of nitrogens with one attached hydrogen (secondary N) is 2. The third-order valence-corrected chi connectivity index (χ3v) is 7.92. The van der Waals surface area contributed by atoms with E-state index in [2.05, 4.69) is 29.7 Å². The minimum Gasteiger partial charge on any atom is -0.494 e. The summed E-state index contributed by atoms with van der Waals surface area (Å²) in [6, 6.07) is 13.2. The summed E-state index contributed by atoms with van der Waals surface area (Å²) in [4.78, 5) is 51.2. The second-order valence-corrected chi connectivity index (χ2v) is 11.2. The van der Waals surface area contributed by atoms with Crippen LogP contribution in [0, 0.1) is 5.92 Å².